The molecule has 1 amide bonds. The molecule has 4 heterocycles. The van der Waals surface area contributed by atoms with Crippen molar-refractivity contribution < 1.29 is 4.79 Å². The van der Waals surface area contributed by atoms with Crippen molar-refractivity contribution in [3.63, 3.8) is 0 Å². The smallest absolute Gasteiger partial charge is 0.270 e. The number of amides is 1. The van der Waals surface area contributed by atoms with Crippen LogP contribution < -0.4 is 16.2 Å². The van der Waals surface area contributed by atoms with E-state index in [0.717, 1.165) is 41.4 Å². The van der Waals surface area contributed by atoms with E-state index in [4.69, 9.17) is 0 Å². The second kappa shape index (κ2) is 8.31. The third kappa shape index (κ3) is 4.20. The normalized spacial score (nSPS) is 14.1. The predicted octanol–water partition coefficient (Wildman–Crippen LogP) is 2.39. The van der Waals surface area contributed by atoms with E-state index in [0.29, 0.717) is 5.65 Å². The van der Waals surface area contributed by atoms with Gasteiger partial charge in [0.1, 0.15) is 17.0 Å². The molecule has 8 heteroatoms. The standard InChI is InChI=1S/C23H24N6O2/c30-21-11-19(28-20-6-1-2-9-29(20)21)23(31)25-14-17-8-7-16-10-18(27-22(16)26-17)13-24-12-15-4-3-5-15/h1-2,6-11,15,24H,3-5,12-14H2,(H,25,31)(H,26,27). The molecule has 0 saturated heterocycles. The Labute approximate surface area is 178 Å². The van der Waals surface area contributed by atoms with Crippen LogP contribution in [0.2, 0.25) is 0 Å². The summed E-state index contributed by atoms with van der Waals surface area (Å²) in [6.45, 7) is 2.10. The number of hydrogen-bond donors (Lipinski definition) is 3. The quantitative estimate of drug-likeness (QED) is 0.429. The minimum Gasteiger partial charge on any atom is -0.345 e. The number of H-pyrrole nitrogens is 1. The topological polar surface area (TPSA) is 104 Å². The van der Waals surface area contributed by atoms with Crippen molar-refractivity contribution in [3.8, 4) is 0 Å². The van der Waals surface area contributed by atoms with Gasteiger partial charge in [0.2, 0.25) is 0 Å². The van der Waals surface area contributed by atoms with Crippen LogP contribution in [0.25, 0.3) is 16.7 Å². The minimum atomic E-state index is -0.405. The second-order valence-corrected chi connectivity index (χ2v) is 8.05. The van der Waals surface area contributed by atoms with Gasteiger partial charge in [-0.15, -0.1) is 0 Å². The molecule has 8 nitrogen and oxygen atoms in total. The molecule has 0 atom stereocenters. The third-order valence-electron chi connectivity index (χ3n) is 5.80. The minimum absolute atomic E-state index is 0.0944. The van der Waals surface area contributed by atoms with Crippen LogP contribution in [-0.4, -0.2) is 31.8 Å². The fourth-order valence-electron chi connectivity index (χ4n) is 3.84. The molecule has 0 bridgehead atoms. The van der Waals surface area contributed by atoms with Crippen LogP contribution in [0.1, 0.15) is 41.1 Å². The first-order valence-electron chi connectivity index (χ1n) is 10.6. The zero-order valence-corrected chi connectivity index (χ0v) is 17.1. The molecule has 1 fully saturated rings. The zero-order chi connectivity index (χ0) is 21.2. The maximum atomic E-state index is 12.5. The molecule has 0 aromatic carbocycles. The number of rotatable bonds is 7. The summed E-state index contributed by atoms with van der Waals surface area (Å²) in [6, 6.07) is 12.4. The lowest BCUT2D eigenvalue weighted by Gasteiger charge is -2.25. The van der Waals surface area contributed by atoms with E-state index >= 15 is 0 Å². The van der Waals surface area contributed by atoms with Gasteiger partial charge in [0.25, 0.3) is 11.5 Å². The van der Waals surface area contributed by atoms with Gasteiger partial charge in [-0.2, -0.15) is 0 Å². The van der Waals surface area contributed by atoms with Crippen LogP contribution in [0.3, 0.4) is 0 Å². The molecule has 0 spiro atoms. The van der Waals surface area contributed by atoms with E-state index in [1.54, 1.807) is 24.4 Å². The Kier molecular flexibility index (Phi) is 5.21. The lowest BCUT2D eigenvalue weighted by atomic mass is 9.85. The zero-order valence-electron chi connectivity index (χ0n) is 17.1. The molecule has 0 aliphatic heterocycles. The number of carbonyl (C=O) groups excluding carboxylic acids is 1. The molecule has 4 aromatic rings. The van der Waals surface area contributed by atoms with Crippen LogP contribution in [0.5, 0.6) is 0 Å². The van der Waals surface area contributed by atoms with Gasteiger partial charge in [-0.3, -0.25) is 14.0 Å². The molecule has 0 radical (unpaired) electrons. The molecule has 4 aromatic heterocycles. The number of pyridine rings is 2. The number of hydrogen-bond acceptors (Lipinski definition) is 5. The number of aromatic amines is 1. The van der Waals surface area contributed by atoms with Gasteiger partial charge in [-0.05, 0) is 55.6 Å². The summed E-state index contributed by atoms with van der Waals surface area (Å²) in [4.78, 5) is 36.9. The first kappa shape index (κ1) is 19.4. The van der Waals surface area contributed by atoms with Crippen LogP contribution >= 0.6 is 0 Å². The number of nitrogens with one attached hydrogen (secondary N) is 3. The van der Waals surface area contributed by atoms with Gasteiger partial charge in [0.15, 0.2) is 0 Å². The van der Waals surface area contributed by atoms with Gasteiger partial charge < -0.3 is 15.6 Å². The summed E-state index contributed by atoms with van der Waals surface area (Å²) in [5.74, 6) is 0.420. The highest BCUT2D eigenvalue weighted by atomic mass is 16.2. The van der Waals surface area contributed by atoms with Crippen molar-refractivity contribution in [2.24, 2.45) is 5.92 Å². The molecule has 31 heavy (non-hydrogen) atoms. The number of carbonyl (C=O) groups is 1. The van der Waals surface area contributed by atoms with Crippen molar-refractivity contribution in [2.45, 2.75) is 32.4 Å². The van der Waals surface area contributed by atoms with Crippen LogP contribution in [-0.2, 0) is 13.1 Å². The van der Waals surface area contributed by atoms with Crippen molar-refractivity contribution in [2.75, 3.05) is 6.54 Å². The largest absolute Gasteiger partial charge is 0.345 e. The monoisotopic (exact) mass is 416 g/mol. The molecule has 158 valence electrons. The molecule has 0 unspecified atom stereocenters. The van der Waals surface area contributed by atoms with Crippen molar-refractivity contribution >= 4 is 22.6 Å². The molecule has 3 N–H and O–H groups in total. The number of nitrogens with zero attached hydrogens (tertiary/aromatic N) is 3. The van der Waals surface area contributed by atoms with Gasteiger partial charge in [-0.25, -0.2) is 9.97 Å². The average molecular weight is 416 g/mol. The lowest BCUT2D eigenvalue weighted by Crippen LogP contribution is -2.27. The number of aromatic nitrogens is 4. The summed E-state index contributed by atoms with van der Waals surface area (Å²) in [6.07, 6.45) is 5.65. The predicted molar refractivity (Wildman–Crippen MR) is 118 cm³/mol. The Morgan fingerprint density at radius 1 is 1.13 bits per heavy atom. The summed E-state index contributed by atoms with van der Waals surface area (Å²) in [5.41, 5.74) is 2.87. The summed E-state index contributed by atoms with van der Waals surface area (Å²) >= 11 is 0. The highest BCUT2D eigenvalue weighted by molar-refractivity contribution is 5.92. The maximum absolute atomic E-state index is 12.5. The van der Waals surface area contributed by atoms with E-state index in [9.17, 15) is 9.59 Å². The molecular weight excluding hydrogens is 392 g/mol. The molecule has 1 aliphatic rings. The van der Waals surface area contributed by atoms with Crippen molar-refractivity contribution in [3.05, 3.63) is 76.1 Å². The summed E-state index contributed by atoms with van der Waals surface area (Å²) in [7, 11) is 0. The molecular formula is C23H24N6O2. The van der Waals surface area contributed by atoms with Crippen LogP contribution in [0.15, 0.2) is 53.5 Å². The first-order chi connectivity index (χ1) is 15.2. The highest BCUT2D eigenvalue weighted by Crippen LogP contribution is 2.25. The Balaban J connectivity index is 1.23. The van der Waals surface area contributed by atoms with E-state index in [1.807, 2.05) is 12.1 Å². The molecule has 1 saturated carbocycles. The van der Waals surface area contributed by atoms with Gasteiger partial charge in [0.05, 0.1) is 12.2 Å². The number of fused-ring (bicyclic) bond motifs is 2. The maximum Gasteiger partial charge on any atom is 0.270 e. The summed E-state index contributed by atoms with van der Waals surface area (Å²) < 4.78 is 1.40. The third-order valence-corrected chi connectivity index (χ3v) is 5.80. The Morgan fingerprint density at radius 2 is 2.03 bits per heavy atom. The van der Waals surface area contributed by atoms with Gasteiger partial charge >= 0.3 is 0 Å². The van der Waals surface area contributed by atoms with E-state index in [2.05, 4.69) is 31.7 Å². The second-order valence-electron chi connectivity index (χ2n) is 8.05. The van der Waals surface area contributed by atoms with Crippen molar-refractivity contribution in [1.29, 1.82) is 0 Å². The fraction of sp³-hybridized carbons (Fsp3) is 0.304. The molecule has 1 aliphatic carbocycles. The SMILES string of the molecule is O=C(NCc1ccc2cc(CNCC3CCC3)[nH]c2n1)c1cc(=O)n2ccccc2n1. The first-order valence-corrected chi connectivity index (χ1v) is 10.6. The highest BCUT2D eigenvalue weighted by Gasteiger charge is 2.16. The van der Waals surface area contributed by atoms with Crippen molar-refractivity contribution in [1.82, 2.24) is 30.0 Å². The molecule has 5 rings (SSSR count). The fourth-order valence-corrected chi connectivity index (χ4v) is 3.84. The van der Waals surface area contributed by atoms with Crippen LogP contribution in [0, 0.1) is 5.92 Å². The Hall–Kier alpha value is -3.52. The van der Waals surface area contributed by atoms with E-state index < -0.39 is 5.91 Å². The van der Waals surface area contributed by atoms with Crippen LogP contribution in [0.4, 0.5) is 0 Å². The van der Waals surface area contributed by atoms with E-state index in [-0.39, 0.29) is 17.8 Å². The lowest BCUT2D eigenvalue weighted by molar-refractivity contribution is 0.0945. The average Bonchev–Trinajstić information content (AvgIpc) is 3.15. The van der Waals surface area contributed by atoms with Gasteiger partial charge in [0, 0.05) is 29.9 Å². The Bertz CT molecular complexity index is 1300. The van der Waals surface area contributed by atoms with E-state index in [1.165, 1.54) is 29.7 Å². The summed E-state index contributed by atoms with van der Waals surface area (Å²) in [5, 5.41) is 7.35. The Morgan fingerprint density at radius 3 is 2.87 bits per heavy atom. The van der Waals surface area contributed by atoms with Gasteiger partial charge in [-0.1, -0.05) is 12.5 Å².